The zero-order chi connectivity index (χ0) is 21.4. The molecule has 0 saturated carbocycles. The fourth-order valence-corrected chi connectivity index (χ4v) is 3.66. The number of rotatable bonds is 5. The normalized spacial score (nSPS) is 20.5. The number of nitrogens with zero attached hydrogens (tertiary/aromatic N) is 2. The first-order valence-electron chi connectivity index (χ1n) is 9.40. The maximum atomic E-state index is 12.4. The van der Waals surface area contributed by atoms with E-state index in [0.29, 0.717) is 18.7 Å². The molecule has 3 heterocycles. The van der Waals surface area contributed by atoms with E-state index in [4.69, 9.17) is 15.8 Å². The number of hydrazine groups is 2. The van der Waals surface area contributed by atoms with Crippen molar-refractivity contribution in [1.29, 1.82) is 5.41 Å². The Kier molecular flexibility index (Phi) is 5.14. The third-order valence-electron chi connectivity index (χ3n) is 5.31. The van der Waals surface area contributed by atoms with Crippen molar-refractivity contribution in [2.24, 2.45) is 11.7 Å². The van der Waals surface area contributed by atoms with Gasteiger partial charge in [-0.2, -0.15) is 0 Å². The average molecular weight is 415 g/mol. The first kappa shape index (κ1) is 19.9. The van der Waals surface area contributed by atoms with Crippen LogP contribution in [0.1, 0.15) is 15.9 Å². The van der Waals surface area contributed by atoms with Gasteiger partial charge in [0.15, 0.2) is 5.96 Å². The summed E-state index contributed by atoms with van der Waals surface area (Å²) >= 11 is 0. The molecule has 1 aromatic rings. The van der Waals surface area contributed by atoms with Gasteiger partial charge in [-0.1, -0.05) is 12.1 Å². The third kappa shape index (κ3) is 3.84. The van der Waals surface area contributed by atoms with E-state index in [-0.39, 0.29) is 42.1 Å². The van der Waals surface area contributed by atoms with Crippen LogP contribution in [0.15, 0.2) is 30.1 Å². The summed E-state index contributed by atoms with van der Waals surface area (Å²) in [5.41, 5.74) is 12.8. The summed E-state index contributed by atoms with van der Waals surface area (Å²) in [5.74, 6) is -1.83. The molecule has 4 rings (SSSR count). The van der Waals surface area contributed by atoms with Gasteiger partial charge in [-0.05, 0) is 18.1 Å². The van der Waals surface area contributed by atoms with Crippen molar-refractivity contribution in [3.05, 3.63) is 41.2 Å². The van der Waals surface area contributed by atoms with Crippen LogP contribution in [0, 0.1) is 11.3 Å². The van der Waals surface area contributed by atoms with Crippen LogP contribution in [0.3, 0.4) is 0 Å². The Morgan fingerprint density at radius 1 is 1.40 bits per heavy atom. The number of carboxylic acid groups (broad SMARTS) is 1. The van der Waals surface area contributed by atoms with Gasteiger partial charge in [0, 0.05) is 25.2 Å². The van der Waals surface area contributed by atoms with Crippen LogP contribution in [-0.4, -0.2) is 70.6 Å². The molecule has 1 saturated heterocycles. The minimum Gasteiger partial charge on any atom is -0.534 e. The lowest BCUT2D eigenvalue weighted by Gasteiger charge is -2.39. The molecule has 1 amide bonds. The molecule has 0 spiro atoms. The Hall–Kier alpha value is -3.45. The second-order valence-electron chi connectivity index (χ2n) is 7.42. The predicted octanol–water partition coefficient (Wildman–Crippen LogP) is -2.18. The lowest BCUT2D eigenvalue weighted by atomic mass is 9.72. The van der Waals surface area contributed by atoms with Gasteiger partial charge in [0.1, 0.15) is 12.3 Å². The van der Waals surface area contributed by atoms with Crippen LogP contribution in [0.5, 0.6) is 5.75 Å². The Balaban J connectivity index is 1.32. The van der Waals surface area contributed by atoms with Crippen molar-refractivity contribution in [2.75, 3.05) is 19.6 Å². The molecule has 30 heavy (non-hydrogen) atoms. The van der Waals surface area contributed by atoms with E-state index in [1.54, 1.807) is 28.2 Å². The number of guanidine groups is 1. The summed E-state index contributed by atoms with van der Waals surface area (Å²) < 4.78 is 5.38. The summed E-state index contributed by atoms with van der Waals surface area (Å²) in [6, 6.07) is 4.71. The highest BCUT2D eigenvalue weighted by atomic mass is 16.5. The number of nitrogens with one attached hydrogen (secondary N) is 4. The van der Waals surface area contributed by atoms with Gasteiger partial charge >= 0.3 is 13.1 Å². The third-order valence-corrected chi connectivity index (χ3v) is 5.31. The molecule has 1 aromatic carbocycles. The van der Waals surface area contributed by atoms with Crippen LogP contribution in [0.25, 0.3) is 0 Å². The summed E-state index contributed by atoms with van der Waals surface area (Å²) in [6.07, 6.45) is 2.03. The molecule has 3 aliphatic heterocycles. The van der Waals surface area contributed by atoms with Crippen LogP contribution in [0.2, 0.25) is 0 Å². The Labute approximate surface area is 172 Å². The average Bonchev–Trinajstić information content (AvgIpc) is 3.07. The SMILES string of the molecule is N=C(N)N1CC(C2=CN(CC(=O)N[C@H]3Cc4cccc(C(=O)O)c4OB3O)NN2)C1. The Bertz CT molecular complexity index is 920. The lowest BCUT2D eigenvalue weighted by Crippen LogP contribution is -2.55. The topological polar surface area (TPSA) is 176 Å². The van der Waals surface area contributed by atoms with Gasteiger partial charge in [0.05, 0.1) is 17.2 Å². The first-order valence-corrected chi connectivity index (χ1v) is 9.40. The van der Waals surface area contributed by atoms with E-state index < -0.39 is 19.0 Å². The Morgan fingerprint density at radius 3 is 2.87 bits per heavy atom. The second-order valence-corrected chi connectivity index (χ2v) is 7.42. The molecule has 12 nitrogen and oxygen atoms in total. The van der Waals surface area contributed by atoms with Crippen molar-refractivity contribution in [2.45, 2.75) is 12.4 Å². The highest BCUT2D eigenvalue weighted by Gasteiger charge is 2.38. The molecule has 0 aromatic heterocycles. The summed E-state index contributed by atoms with van der Waals surface area (Å²) in [4.78, 5) is 25.5. The number of carbonyl (C=O) groups is 2. The van der Waals surface area contributed by atoms with Crippen molar-refractivity contribution in [3.8, 4) is 5.75 Å². The molecule has 158 valence electrons. The molecule has 8 N–H and O–H groups in total. The van der Waals surface area contributed by atoms with Gasteiger partial charge in [0.2, 0.25) is 5.91 Å². The number of nitrogens with two attached hydrogens (primary N) is 1. The number of benzene rings is 1. The van der Waals surface area contributed by atoms with Crippen LogP contribution in [0.4, 0.5) is 0 Å². The quantitative estimate of drug-likeness (QED) is 0.159. The van der Waals surface area contributed by atoms with Crippen LogP contribution < -0.4 is 26.7 Å². The van der Waals surface area contributed by atoms with Crippen molar-refractivity contribution < 1.29 is 24.4 Å². The summed E-state index contributed by atoms with van der Waals surface area (Å²) in [7, 11) is -1.36. The lowest BCUT2D eigenvalue weighted by molar-refractivity contribution is -0.122. The van der Waals surface area contributed by atoms with Gasteiger partial charge in [-0.15, -0.1) is 5.53 Å². The van der Waals surface area contributed by atoms with Crippen molar-refractivity contribution in [3.63, 3.8) is 0 Å². The second kappa shape index (κ2) is 7.76. The number of aromatic carboxylic acids is 1. The van der Waals surface area contributed by atoms with Gasteiger partial charge in [0.25, 0.3) is 0 Å². The van der Waals surface area contributed by atoms with Gasteiger partial charge in [-0.3, -0.25) is 15.2 Å². The zero-order valence-corrected chi connectivity index (χ0v) is 16.0. The molecular formula is C17H22BN7O5. The number of carboxylic acids is 1. The predicted molar refractivity (Wildman–Crippen MR) is 106 cm³/mol. The van der Waals surface area contributed by atoms with E-state index in [1.165, 1.54) is 6.07 Å². The van der Waals surface area contributed by atoms with Crippen LogP contribution in [-0.2, 0) is 11.2 Å². The van der Waals surface area contributed by atoms with Crippen molar-refractivity contribution in [1.82, 2.24) is 26.2 Å². The molecule has 1 fully saturated rings. The number of hydrogen-bond donors (Lipinski definition) is 7. The highest BCUT2D eigenvalue weighted by molar-refractivity contribution is 6.47. The molecule has 1 atom stereocenters. The number of hydrogen-bond acceptors (Lipinski definition) is 8. The molecule has 13 heteroatoms. The minimum atomic E-state index is -1.36. The summed E-state index contributed by atoms with van der Waals surface area (Å²) in [5, 5.41) is 31.2. The highest BCUT2D eigenvalue weighted by Crippen LogP contribution is 2.30. The maximum Gasteiger partial charge on any atom is 0.547 e. The Morgan fingerprint density at radius 2 is 2.17 bits per heavy atom. The number of amides is 1. The zero-order valence-electron chi connectivity index (χ0n) is 16.0. The van der Waals surface area contributed by atoms with E-state index in [9.17, 15) is 19.7 Å². The van der Waals surface area contributed by atoms with Crippen molar-refractivity contribution >= 4 is 25.0 Å². The standard InChI is InChI=1S/C17H22BN7O5/c19-17(20)24-5-10(6-24)12-7-25(23-22-12)8-14(26)21-13-4-9-2-1-3-11(16(27)28)15(9)30-18(13)29/h1-3,7,10,13,22-23,29H,4-6,8H2,(H3,19,20)(H,21,26)(H,27,28)/t13-/m0/s1. The number of carbonyl (C=O) groups excluding carboxylic acids is 1. The number of para-hydroxylation sites is 1. The van der Waals surface area contributed by atoms with E-state index in [2.05, 4.69) is 16.3 Å². The summed E-state index contributed by atoms with van der Waals surface area (Å²) in [6.45, 7) is 1.27. The smallest absolute Gasteiger partial charge is 0.534 e. The molecule has 0 bridgehead atoms. The molecule has 0 radical (unpaired) electrons. The van der Waals surface area contributed by atoms with E-state index in [1.807, 2.05) is 0 Å². The van der Waals surface area contributed by atoms with Gasteiger partial charge in [-0.25, -0.2) is 4.79 Å². The molecular weight excluding hydrogens is 393 g/mol. The van der Waals surface area contributed by atoms with E-state index in [0.717, 1.165) is 5.70 Å². The first-order chi connectivity index (χ1) is 14.3. The molecule has 0 unspecified atom stereocenters. The monoisotopic (exact) mass is 415 g/mol. The maximum absolute atomic E-state index is 12.4. The largest absolute Gasteiger partial charge is 0.547 e. The minimum absolute atomic E-state index is 0.00904. The molecule has 0 aliphatic carbocycles. The fraction of sp³-hybridized carbons (Fsp3) is 0.353. The molecule has 3 aliphatic rings. The number of fused-ring (bicyclic) bond motifs is 1. The van der Waals surface area contributed by atoms with E-state index >= 15 is 0 Å². The fourth-order valence-electron chi connectivity index (χ4n) is 3.66. The van der Waals surface area contributed by atoms with Crippen LogP contribution >= 0.6 is 0 Å². The number of likely N-dealkylation sites (tertiary alicyclic amines) is 1. The van der Waals surface area contributed by atoms with Gasteiger partial charge < -0.3 is 36.2 Å².